The minimum atomic E-state index is -0.223. The van der Waals surface area contributed by atoms with Crippen LogP contribution in [0.2, 0.25) is 0 Å². The Morgan fingerprint density at radius 3 is 2.90 bits per heavy atom. The number of amides is 2. The van der Waals surface area contributed by atoms with Gasteiger partial charge in [0.1, 0.15) is 0 Å². The molecule has 0 spiro atoms. The molecule has 164 valence electrons. The molecule has 1 fully saturated rings. The van der Waals surface area contributed by atoms with Crippen molar-refractivity contribution in [3.8, 4) is 0 Å². The summed E-state index contributed by atoms with van der Waals surface area (Å²) in [7, 11) is 4.21. The molecule has 1 aromatic carbocycles. The third-order valence-electron chi connectivity index (χ3n) is 6.07. The molecule has 0 saturated carbocycles. The number of para-hydroxylation sites is 1. The highest BCUT2D eigenvalue weighted by atomic mass is 16.2. The van der Waals surface area contributed by atoms with E-state index in [0.29, 0.717) is 35.2 Å². The number of hydrogen-bond donors (Lipinski definition) is 1. The number of nitrogens with zero attached hydrogens (tertiary/aromatic N) is 4. The first-order valence-electron chi connectivity index (χ1n) is 11.1. The smallest absolute Gasteiger partial charge is 0.257 e. The number of carbonyl (C=O) groups excluding carboxylic acids is 2. The Bertz CT molecular complexity index is 945. The van der Waals surface area contributed by atoms with Gasteiger partial charge in [-0.2, -0.15) is 0 Å². The summed E-state index contributed by atoms with van der Waals surface area (Å²) in [6.45, 7) is 3.30. The summed E-state index contributed by atoms with van der Waals surface area (Å²) in [5.41, 5.74) is 1.62. The predicted molar refractivity (Wildman–Crippen MR) is 123 cm³/mol. The molecule has 1 aromatic heterocycles. The van der Waals surface area contributed by atoms with Crippen molar-refractivity contribution in [3.63, 3.8) is 0 Å². The second kappa shape index (κ2) is 9.58. The first-order valence-corrected chi connectivity index (χ1v) is 11.1. The van der Waals surface area contributed by atoms with Gasteiger partial charge < -0.3 is 10.2 Å². The maximum absolute atomic E-state index is 13.6. The number of benzene rings is 1. The van der Waals surface area contributed by atoms with Crippen molar-refractivity contribution in [1.29, 1.82) is 0 Å². The van der Waals surface area contributed by atoms with Crippen LogP contribution in [0.15, 0.2) is 42.6 Å². The fourth-order valence-corrected chi connectivity index (χ4v) is 4.58. The number of carbonyl (C=O) groups is 2. The van der Waals surface area contributed by atoms with Gasteiger partial charge in [0.2, 0.25) is 5.91 Å². The number of anilines is 3. The second-order valence-corrected chi connectivity index (χ2v) is 8.76. The van der Waals surface area contributed by atoms with Gasteiger partial charge in [-0.25, -0.2) is 4.98 Å². The molecule has 0 radical (unpaired) electrons. The van der Waals surface area contributed by atoms with Crippen molar-refractivity contribution in [3.05, 3.63) is 48.2 Å². The lowest BCUT2D eigenvalue weighted by Gasteiger charge is -2.34. The molecule has 1 unspecified atom stereocenters. The van der Waals surface area contributed by atoms with Gasteiger partial charge >= 0.3 is 0 Å². The molecule has 7 heteroatoms. The number of aromatic nitrogens is 1. The van der Waals surface area contributed by atoms with E-state index < -0.39 is 0 Å². The minimum absolute atomic E-state index is 0.0576. The van der Waals surface area contributed by atoms with Crippen molar-refractivity contribution < 1.29 is 9.59 Å². The zero-order valence-corrected chi connectivity index (χ0v) is 18.4. The van der Waals surface area contributed by atoms with Crippen LogP contribution >= 0.6 is 0 Å². The van der Waals surface area contributed by atoms with Gasteiger partial charge in [0.25, 0.3) is 5.91 Å². The van der Waals surface area contributed by atoms with Crippen molar-refractivity contribution >= 4 is 29.0 Å². The first-order chi connectivity index (χ1) is 15.0. The van der Waals surface area contributed by atoms with Crippen LogP contribution in [0.1, 0.15) is 36.0 Å². The largest absolute Gasteiger partial charge is 0.319 e. The van der Waals surface area contributed by atoms with Gasteiger partial charge in [0.15, 0.2) is 5.82 Å². The Kier molecular flexibility index (Phi) is 6.63. The molecule has 1 saturated heterocycles. The molecule has 2 aromatic rings. The minimum Gasteiger partial charge on any atom is -0.319 e. The highest BCUT2D eigenvalue weighted by Crippen LogP contribution is 2.36. The zero-order chi connectivity index (χ0) is 21.8. The molecule has 0 bridgehead atoms. The van der Waals surface area contributed by atoms with E-state index in [1.54, 1.807) is 29.3 Å². The molecular weight excluding hydrogens is 390 g/mol. The lowest BCUT2D eigenvalue weighted by molar-refractivity contribution is -0.119. The number of nitrogens with one attached hydrogen (secondary N) is 1. The predicted octanol–water partition coefficient (Wildman–Crippen LogP) is 3.37. The van der Waals surface area contributed by atoms with E-state index in [1.165, 1.54) is 19.3 Å². The molecule has 1 atom stereocenters. The van der Waals surface area contributed by atoms with E-state index in [-0.39, 0.29) is 11.8 Å². The molecule has 2 amide bonds. The van der Waals surface area contributed by atoms with Crippen LogP contribution in [-0.4, -0.2) is 66.9 Å². The topological polar surface area (TPSA) is 68.8 Å². The maximum atomic E-state index is 13.6. The number of rotatable bonds is 6. The molecule has 0 aliphatic carbocycles. The quantitative estimate of drug-likeness (QED) is 0.775. The number of hydrogen-bond acceptors (Lipinski definition) is 5. The zero-order valence-electron chi connectivity index (χ0n) is 18.4. The van der Waals surface area contributed by atoms with E-state index in [1.807, 2.05) is 18.2 Å². The highest BCUT2D eigenvalue weighted by molar-refractivity contribution is 6.17. The Labute approximate surface area is 184 Å². The van der Waals surface area contributed by atoms with Crippen molar-refractivity contribution in [2.24, 2.45) is 5.92 Å². The lowest BCUT2D eigenvalue weighted by atomic mass is 9.93. The average molecular weight is 422 g/mol. The summed E-state index contributed by atoms with van der Waals surface area (Å²) in [5.74, 6) is 0.828. The molecule has 4 rings (SSSR count). The fourth-order valence-electron chi connectivity index (χ4n) is 4.58. The lowest BCUT2D eigenvalue weighted by Crippen LogP contribution is -2.43. The van der Waals surface area contributed by atoms with Gasteiger partial charge in [0.05, 0.1) is 23.5 Å². The Hall–Kier alpha value is -2.77. The Morgan fingerprint density at radius 2 is 2.06 bits per heavy atom. The van der Waals surface area contributed by atoms with E-state index >= 15 is 0 Å². The van der Waals surface area contributed by atoms with Crippen molar-refractivity contribution in [2.45, 2.75) is 25.7 Å². The molecule has 2 aliphatic rings. The summed E-state index contributed by atoms with van der Waals surface area (Å²) in [4.78, 5) is 36.8. The average Bonchev–Trinajstić information content (AvgIpc) is 2.88. The van der Waals surface area contributed by atoms with Crippen LogP contribution in [0.4, 0.5) is 17.2 Å². The van der Waals surface area contributed by atoms with Crippen LogP contribution in [0.3, 0.4) is 0 Å². The SMILES string of the molecule is CN(C)CCCC1CCCN(CC(=O)N2c3ccccc3C(=O)Nc3cccnc32)C1. The highest BCUT2D eigenvalue weighted by Gasteiger charge is 2.31. The van der Waals surface area contributed by atoms with E-state index in [9.17, 15) is 9.59 Å². The van der Waals surface area contributed by atoms with Gasteiger partial charge in [0, 0.05) is 12.7 Å². The summed E-state index contributed by atoms with van der Waals surface area (Å²) in [6, 6.07) is 10.8. The monoisotopic (exact) mass is 421 g/mol. The third kappa shape index (κ3) is 4.94. The molecule has 7 nitrogen and oxygen atoms in total. The first kappa shape index (κ1) is 21.5. The van der Waals surface area contributed by atoms with Crippen LogP contribution in [-0.2, 0) is 4.79 Å². The number of likely N-dealkylation sites (tertiary alicyclic amines) is 1. The van der Waals surface area contributed by atoms with Crippen molar-refractivity contribution in [2.75, 3.05) is 50.5 Å². The van der Waals surface area contributed by atoms with Gasteiger partial charge in [-0.3, -0.25) is 19.4 Å². The summed E-state index contributed by atoms with van der Waals surface area (Å²) in [5, 5.41) is 2.89. The Balaban J connectivity index is 1.53. The summed E-state index contributed by atoms with van der Waals surface area (Å²) >= 11 is 0. The molecular formula is C24H31N5O2. The molecule has 2 aliphatic heterocycles. The second-order valence-electron chi connectivity index (χ2n) is 8.76. The molecule has 31 heavy (non-hydrogen) atoms. The van der Waals surface area contributed by atoms with E-state index in [4.69, 9.17) is 0 Å². The summed E-state index contributed by atoms with van der Waals surface area (Å²) in [6.07, 6.45) is 6.38. The maximum Gasteiger partial charge on any atom is 0.257 e. The normalized spacial score (nSPS) is 18.9. The molecule has 1 N–H and O–H groups in total. The Morgan fingerprint density at radius 1 is 1.23 bits per heavy atom. The van der Waals surface area contributed by atoms with Gasteiger partial charge in [-0.05, 0) is 83.1 Å². The van der Waals surface area contributed by atoms with Crippen molar-refractivity contribution in [1.82, 2.24) is 14.8 Å². The van der Waals surface area contributed by atoms with Crippen LogP contribution in [0.5, 0.6) is 0 Å². The van der Waals surface area contributed by atoms with E-state index in [0.717, 1.165) is 26.1 Å². The van der Waals surface area contributed by atoms with Crippen LogP contribution in [0.25, 0.3) is 0 Å². The van der Waals surface area contributed by atoms with Gasteiger partial charge in [-0.1, -0.05) is 12.1 Å². The molecule has 3 heterocycles. The van der Waals surface area contributed by atoms with Crippen LogP contribution in [0, 0.1) is 5.92 Å². The standard InChI is InChI=1S/C24H31N5O2/c1-27(2)14-6-8-18-9-7-15-28(16-18)17-22(30)29-21-12-4-3-10-19(21)24(31)26-20-11-5-13-25-23(20)29/h3-5,10-13,18H,6-9,14-17H2,1-2H3,(H,26,31). The third-order valence-corrected chi connectivity index (χ3v) is 6.07. The van der Waals surface area contributed by atoms with Crippen LogP contribution < -0.4 is 10.2 Å². The number of fused-ring (bicyclic) bond motifs is 2. The number of piperidine rings is 1. The summed E-state index contributed by atoms with van der Waals surface area (Å²) < 4.78 is 0. The van der Waals surface area contributed by atoms with E-state index in [2.05, 4.69) is 34.2 Å². The van der Waals surface area contributed by atoms with Gasteiger partial charge in [-0.15, -0.1) is 0 Å². The fraction of sp³-hybridized carbons (Fsp3) is 0.458. The number of pyridine rings is 1.